The molecule has 0 spiro atoms. The number of halogens is 3. The van der Waals surface area contributed by atoms with Crippen LogP contribution in [0.3, 0.4) is 0 Å². The van der Waals surface area contributed by atoms with E-state index in [4.69, 9.17) is 9.47 Å². The van der Waals surface area contributed by atoms with Crippen molar-refractivity contribution in [2.75, 3.05) is 48.0 Å². The number of carbonyl (C=O) groups is 1. The monoisotopic (exact) mass is 543 g/mol. The van der Waals surface area contributed by atoms with Crippen LogP contribution in [-0.2, 0) is 20.8 Å². The van der Waals surface area contributed by atoms with Crippen molar-refractivity contribution < 1.29 is 27.4 Å². The molecule has 4 bridgehead atoms. The molecule has 2 unspecified atom stereocenters. The first-order valence-electron chi connectivity index (χ1n) is 13.8. The smallest absolute Gasteiger partial charge is 0.378 e. The Kier molecular flexibility index (Phi) is 6.20. The van der Waals surface area contributed by atoms with Gasteiger partial charge in [0.25, 0.3) is 0 Å². The summed E-state index contributed by atoms with van der Waals surface area (Å²) < 4.78 is 51.5. The molecule has 5 fully saturated rings. The Morgan fingerprint density at radius 2 is 1.90 bits per heavy atom. The van der Waals surface area contributed by atoms with E-state index in [2.05, 4.69) is 27.3 Å². The number of morpholine rings is 2. The fourth-order valence-electron chi connectivity index (χ4n) is 7.03. The van der Waals surface area contributed by atoms with E-state index in [0.717, 1.165) is 42.0 Å². The lowest BCUT2D eigenvalue weighted by Gasteiger charge is -2.48. The molecule has 0 saturated carbocycles. The number of carbonyl (C=O) groups excluding carboxylic acids is 1. The van der Waals surface area contributed by atoms with E-state index in [-0.39, 0.29) is 31.1 Å². The van der Waals surface area contributed by atoms with E-state index >= 15 is 0 Å². The highest BCUT2D eigenvalue weighted by atomic mass is 19.4. The van der Waals surface area contributed by atoms with Crippen LogP contribution in [0.5, 0.6) is 0 Å². The number of ether oxygens (including phenoxy) is 2. The SMILES string of the molecule is O=C(C1C[C@H]2COC[C@@H](C1)N2CC(F)(F)F)N1Cc2cccnc2Nc2ccc(N3C[C@@H]4CCC3CO4)cc21. The van der Waals surface area contributed by atoms with Crippen molar-refractivity contribution in [1.82, 2.24) is 9.88 Å². The summed E-state index contributed by atoms with van der Waals surface area (Å²) in [5.41, 5.74) is 3.51. The summed E-state index contributed by atoms with van der Waals surface area (Å²) >= 11 is 0. The first kappa shape index (κ1) is 25.1. The Bertz CT molecular complexity index is 1240. The van der Waals surface area contributed by atoms with Gasteiger partial charge in [-0.1, -0.05) is 6.07 Å². The Labute approximate surface area is 225 Å². The molecule has 8 rings (SSSR count). The molecule has 8 nitrogen and oxygen atoms in total. The van der Waals surface area contributed by atoms with Gasteiger partial charge >= 0.3 is 6.18 Å². The third kappa shape index (κ3) is 4.74. The molecule has 6 aliphatic heterocycles. The third-order valence-corrected chi connectivity index (χ3v) is 8.91. The van der Waals surface area contributed by atoms with Crippen molar-refractivity contribution in [3.05, 3.63) is 42.1 Å². The molecule has 0 radical (unpaired) electrons. The maximum Gasteiger partial charge on any atom is 0.401 e. The van der Waals surface area contributed by atoms with Gasteiger partial charge in [0, 0.05) is 42.0 Å². The first-order chi connectivity index (χ1) is 18.8. The molecular formula is C28H32F3N5O3. The second kappa shape index (κ2) is 9.64. The largest absolute Gasteiger partial charge is 0.401 e. The van der Waals surface area contributed by atoms with E-state index < -0.39 is 24.8 Å². The van der Waals surface area contributed by atoms with Crippen molar-refractivity contribution in [3.8, 4) is 0 Å². The fraction of sp³-hybridized carbons (Fsp3) is 0.571. The lowest BCUT2D eigenvalue weighted by Crippen LogP contribution is -2.60. The highest BCUT2D eigenvalue weighted by Crippen LogP contribution is 2.42. The summed E-state index contributed by atoms with van der Waals surface area (Å²) in [4.78, 5) is 24.5. The molecule has 11 heteroatoms. The van der Waals surface area contributed by atoms with Crippen molar-refractivity contribution in [2.45, 2.75) is 62.6 Å². The zero-order chi connectivity index (χ0) is 26.7. The predicted octanol–water partition coefficient (Wildman–Crippen LogP) is 4.08. The standard InChI is InChI=1S/C28H32F3N5O3/c29-28(30,31)16-36-21-8-18(9-22(36)14-38-13-21)27(37)35-11-17-2-1-7-32-26(17)33-24-6-4-19(10-25(24)35)34-12-23-5-3-20(34)15-39-23/h1-2,4,6-7,10,18,20-23H,3,5,8-9,11-16H2,(H,32,33)/t18?,20?,21-,22+,23-/m0/s1. The third-order valence-electron chi connectivity index (χ3n) is 8.91. The highest BCUT2D eigenvalue weighted by Gasteiger charge is 2.47. The number of benzene rings is 1. The van der Waals surface area contributed by atoms with E-state index in [1.54, 1.807) is 6.20 Å². The number of nitrogens with zero attached hydrogens (tertiary/aromatic N) is 4. The molecule has 6 aliphatic rings. The minimum absolute atomic E-state index is 0.0565. The van der Waals surface area contributed by atoms with Gasteiger partial charge in [0.1, 0.15) is 5.82 Å². The number of amides is 1. The number of hydrogen-bond donors (Lipinski definition) is 1. The molecule has 208 valence electrons. The lowest BCUT2D eigenvalue weighted by molar-refractivity contribution is -0.184. The zero-order valence-electron chi connectivity index (χ0n) is 21.6. The van der Waals surface area contributed by atoms with Gasteiger partial charge in [0.15, 0.2) is 0 Å². The van der Waals surface area contributed by atoms with Crippen LogP contribution in [0, 0.1) is 5.92 Å². The van der Waals surface area contributed by atoms with Crippen molar-refractivity contribution in [3.63, 3.8) is 0 Å². The van der Waals surface area contributed by atoms with E-state index in [0.29, 0.717) is 37.9 Å². The minimum atomic E-state index is -4.29. The second-order valence-electron chi connectivity index (χ2n) is 11.4. The number of rotatable bonds is 3. The van der Waals surface area contributed by atoms with E-state index in [1.807, 2.05) is 23.1 Å². The van der Waals surface area contributed by atoms with E-state index in [9.17, 15) is 18.0 Å². The van der Waals surface area contributed by atoms with Gasteiger partial charge in [0.05, 0.1) is 56.4 Å². The highest BCUT2D eigenvalue weighted by molar-refractivity contribution is 6.00. The number of piperidine rings is 2. The van der Waals surface area contributed by atoms with Gasteiger partial charge in [-0.3, -0.25) is 9.69 Å². The molecule has 1 amide bonds. The Hall–Kier alpha value is -2.89. The first-order valence-corrected chi connectivity index (χ1v) is 13.8. The normalized spacial score (nSPS) is 30.3. The van der Waals surface area contributed by atoms with Gasteiger partial charge in [-0.05, 0) is 49.9 Å². The zero-order valence-corrected chi connectivity index (χ0v) is 21.6. The summed E-state index contributed by atoms with van der Waals surface area (Å²) in [7, 11) is 0. The van der Waals surface area contributed by atoms with Gasteiger partial charge in [0.2, 0.25) is 5.91 Å². The number of aromatic nitrogens is 1. The molecule has 1 aromatic heterocycles. The quantitative estimate of drug-likeness (QED) is 0.626. The summed E-state index contributed by atoms with van der Waals surface area (Å²) in [5, 5.41) is 3.43. The number of pyridine rings is 1. The summed E-state index contributed by atoms with van der Waals surface area (Å²) in [6.07, 6.45) is 0.500. The number of anilines is 4. The number of hydrogen-bond acceptors (Lipinski definition) is 7. The molecule has 5 atom stereocenters. The molecular weight excluding hydrogens is 511 g/mol. The molecule has 1 aromatic carbocycles. The van der Waals surface area contributed by atoms with Crippen LogP contribution in [-0.4, -0.2) is 79.1 Å². The Morgan fingerprint density at radius 3 is 2.59 bits per heavy atom. The predicted molar refractivity (Wildman–Crippen MR) is 139 cm³/mol. The maximum atomic E-state index is 14.3. The topological polar surface area (TPSA) is 70.2 Å². The average molecular weight is 544 g/mol. The van der Waals surface area contributed by atoms with Gasteiger partial charge in [-0.15, -0.1) is 0 Å². The van der Waals surface area contributed by atoms with Crippen molar-refractivity contribution in [1.29, 1.82) is 0 Å². The molecule has 0 aliphatic carbocycles. The maximum absolute atomic E-state index is 14.3. The van der Waals surface area contributed by atoms with Crippen LogP contribution >= 0.6 is 0 Å². The fourth-order valence-corrected chi connectivity index (χ4v) is 7.03. The van der Waals surface area contributed by atoms with Gasteiger partial charge in [-0.25, -0.2) is 4.98 Å². The molecule has 39 heavy (non-hydrogen) atoms. The summed E-state index contributed by atoms with van der Waals surface area (Å²) in [6.45, 7) is 1.34. The number of nitrogens with one attached hydrogen (secondary N) is 1. The van der Waals surface area contributed by atoms with E-state index in [1.165, 1.54) is 4.90 Å². The van der Waals surface area contributed by atoms with Crippen LogP contribution in [0.25, 0.3) is 0 Å². The Balaban J connectivity index is 1.21. The summed E-state index contributed by atoms with van der Waals surface area (Å²) in [6, 6.07) is 9.43. The van der Waals surface area contributed by atoms with Crippen LogP contribution in [0.15, 0.2) is 36.5 Å². The Morgan fingerprint density at radius 1 is 1.08 bits per heavy atom. The van der Waals surface area contributed by atoms with Crippen LogP contribution < -0.4 is 15.1 Å². The molecule has 1 N–H and O–H groups in total. The van der Waals surface area contributed by atoms with Crippen LogP contribution in [0.2, 0.25) is 0 Å². The minimum Gasteiger partial charge on any atom is -0.378 e. The molecule has 2 aromatic rings. The number of fused-ring (bicyclic) bond motifs is 7. The molecule has 5 saturated heterocycles. The lowest BCUT2D eigenvalue weighted by atomic mass is 9.83. The van der Waals surface area contributed by atoms with Crippen LogP contribution in [0.1, 0.15) is 31.2 Å². The molecule has 7 heterocycles. The number of alkyl halides is 3. The van der Waals surface area contributed by atoms with Gasteiger partial charge in [-0.2, -0.15) is 13.2 Å². The van der Waals surface area contributed by atoms with Crippen molar-refractivity contribution in [2.24, 2.45) is 5.92 Å². The second-order valence-corrected chi connectivity index (χ2v) is 11.4. The summed E-state index contributed by atoms with van der Waals surface area (Å²) in [5.74, 6) is 0.263. The average Bonchev–Trinajstić information content (AvgIpc) is 3.08. The van der Waals surface area contributed by atoms with Crippen molar-refractivity contribution >= 4 is 28.8 Å². The van der Waals surface area contributed by atoms with Crippen LogP contribution in [0.4, 0.5) is 36.1 Å². The van der Waals surface area contributed by atoms with Gasteiger partial charge < -0.3 is 24.6 Å².